The Bertz CT molecular complexity index is 463. The molecule has 110 valence electrons. The number of nitrogens with zero attached hydrogens (tertiary/aromatic N) is 2. The lowest BCUT2D eigenvalue weighted by atomic mass is 9.85. The van der Waals surface area contributed by atoms with E-state index in [0.29, 0.717) is 30.1 Å². The highest BCUT2D eigenvalue weighted by molar-refractivity contribution is 5.88. The second-order valence-corrected chi connectivity index (χ2v) is 6.06. The van der Waals surface area contributed by atoms with Gasteiger partial charge in [-0.05, 0) is 50.6 Å². The monoisotopic (exact) mass is 278 g/mol. The Morgan fingerprint density at radius 2 is 2.30 bits per heavy atom. The highest BCUT2D eigenvalue weighted by Crippen LogP contribution is 2.39. The van der Waals surface area contributed by atoms with Crippen LogP contribution >= 0.6 is 0 Å². The Kier molecular flexibility index (Phi) is 4.00. The molecule has 2 fully saturated rings. The number of hydrogen-bond acceptors (Lipinski definition) is 5. The number of nitrogens with one attached hydrogen (secondary N) is 2. The van der Waals surface area contributed by atoms with Gasteiger partial charge in [-0.15, -0.1) is 5.10 Å². The number of carbonyl (C=O) groups excluding carboxylic acids is 1. The third-order valence-corrected chi connectivity index (χ3v) is 4.26. The quantitative estimate of drug-likeness (QED) is 0.860. The summed E-state index contributed by atoms with van der Waals surface area (Å²) in [5, 5.41) is 13.9. The van der Waals surface area contributed by atoms with E-state index < -0.39 is 0 Å². The molecule has 2 N–H and O–H groups in total. The van der Waals surface area contributed by atoms with E-state index in [0.717, 1.165) is 25.9 Å². The maximum absolute atomic E-state index is 12.0. The lowest BCUT2D eigenvalue weighted by Gasteiger charge is -2.27. The lowest BCUT2D eigenvalue weighted by Crippen LogP contribution is -2.34. The van der Waals surface area contributed by atoms with Gasteiger partial charge in [0.05, 0.1) is 0 Å². The van der Waals surface area contributed by atoms with Crippen molar-refractivity contribution in [3.8, 4) is 0 Å². The summed E-state index contributed by atoms with van der Waals surface area (Å²) in [6.45, 7) is 4.25. The van der Waals surface area contributed by atoms with Gasteiger partial charge in [0.2, 0.25) is 11.8 Å². The Labute approximate surface area is 118 Å². The van der Waals surface area contributed by atoms with E-state index in [1.165, 1.54) is 12.8 Å². The number of aromatic nitrogens is 2. The van der Waals surface area contributed by atoms with E-state index in [4.69, 9.17) is 4.42 Å². The first-order chi connectivity index (χ1) is 9.72. The highest BCUT2D eigenvalue weighted by Gasteiger charge is 2.30. The Balaban J connectivity index is 1.47. The van der Waals surface area contributed by atoms with Crippen molar-refractivity contribution in [2.75, 3.05) is 18.4 Å². The smallest absolute Gasteiger partial charge is 0.322 e. The zero-order valence-electron chi connectivity index (χ0n) is 11.9. The third kappa shape index (κ3) is 3.36. The molecule has 20 heavy (non-hydrogen) atoms. The molecule has 1 saturated carbocycles. The molecule has 0 aromatic carbocycles. The van der Waals surface area contributed by atoms with Crippen LogP contribution in [-0.4, -0.2) is 29.2 Å². The van der Waals surface area contributed by atoms with Gasteiger partial charge in [0, 0.05) is 12.3 Å². The van der Waals surface area contributed by atoms with Gasteiger partial charge in [0.25, 0.3) is 0 Å². The van der Waals surface area contributed by atoms with E-state index in [1.807, 2.05) is 0 Å². The van der Waals surface area contributed by atoms with E-state index in [-0.39, 0.29) is 11.9 Å². The summed E-state index contributed by atoms with van der Waals surface area (Å²) in [6.07, 6.45) is 5.13. The van der Waals surface area contributed by atoms with Crippen LogP contribution in [-0.2, 0) is 4.79 Å². The Hall–Kier alpha value is -1.43. The lowest BCUT2D eigenvalue weighted by molar-refractivity contribution is -0.117. The van der Waals surface area contributed by atoms with Crippen molar-refractivity contribution in [3.63, 3.8) is 0 Å². The number of piperidine rings is 1. The summed E-state index contributed by atoms with van der Waals surface area (Å²) >= 11 is 0. The predicted octanol–water partition coefficient (Wildman–Crippen LogP) is 1.91. The van der Waals surface area contributed by atoms with Crippen molar-refractivity contribution >= 4 is 11.9 Å². The maximum Gasteiger partial charge on any atom is 0.322 e. The SMILES string of the molecule is CC(CC(=O)Nc1nnc(C2CC2)o1)C1CCCNC1. The molecule has 1 aromatic heterocycles. The first-order valence-electron chi connectivity index (χ1n) is 7.56. The number of anilines is 1. The van der Waals surface area contributed by atoms with Gasteiger partial charge in [0.15, 0.2) is 0 Å². The van der Waals surface area contributed by atoms with Crippen LogP contribution in [0.4, 0.5) is 6.01 Å². The molecule has 1 aliphatic carbocycles. The van der Waals surface area contributed by atoms with E-state index >= 15 is 0 Å². The summed E-state index contributed by atoms with van der Waals surface area (Å²) in [4.78, 5) is 12.0. The molecule has 2 heterocycles. The summed E-state index contributed by atoms with van der Waals surface area (Å²) in [5.74, 6) is 1.99. The van der Waals surface area contributed by atoms with Crippen LogP contribution in [0.1, 0.15) is 50.8 Å². The first-order valence-corrected chi connectivity index (χ1v) is 7.56. The largest absolute Gasteiger partial charge is 0.408 e. The molecule has 0 bridgehead atoms. The molecule has 1 aliphatic heterocycles. The fourth-order valence-electron chi connectivity index (χ4n) is 2.77. The van der Waals surface area contributed by atoms with Crippen molar-refractivity contribution in [1.29, 1.82) is 0 Å². The van der Waals surface area contributed by atoms with Crippen LogP contribution < -0.4 is 10.6 Å². The van der Waals surface area contributed by atoms with Crippen LogP contribution in [0.2, 0.25) is 0 Å². The van der Waals surface area contributed by atoms with Crippen molar-refractivity contribution < 1.29 is 9.21 Å². The maximum atomic E-state index is 12.0. The van der Waals surface area contributed by atoms with Crippen molar-refractivity contribution in [2.45, 2.75) is 44.9 Å². The van der Waals surface area contributed by atoms with Crippen LogP contribution in [0.5, 0.6) is 0 Å². The number of amides is 1. The van der Waals surface area contributed by atoms with Gasteiger partial charge in [-0.2, -0.15) is 0 Å². The molecule has 0 spiro atoms. The van der Waals surface area contributed by atoms with Gasteiger partial charge in [0.1, 0.15) is 0 Å². The van der Waals surface area contributed by atoms with Gasteiger partial charge < -0.3 is 9.73 Å². The molecular weight excluding hydrogens is 256 g/mol. The van der Waals surface area contributed by atoms with E-state index in [1.54, 1.807) is 0 Å². The topological polar surface area (TPSA) is 80.1 Å². The van der Waals surface area contributed by atoms with Gasteiger partial charge in [-0.3, -0.25) is 10.1 Å². The standard InChI is InChI=1S/C14H22N4O2/c1-9(11-3-2-6-15-8-11)7-12(19)16-14-18-17-13(20-14)10-4-5-10/h9-11,15H,2-8H2,1H3,(H,16,18,19). The molecule has 1 aromatic rings. The van der Waals surface area contributed by atoms with Crippen LogP contribution in [0, 0.1) is 11.8 Å². The zero-order chi connectivity index (χ0) is 13.9. The Morgan fingerprint density at radius 1 is 1.45 bits per heavy atom. The Morgan fingerprint density at radius 3 is 3.00 bits per heavy atom. The molecular formula is C14H22N4O2. The molecule has 6 nitrogen and oxygen atoms in total. The second-order valence-electron chi connectivity index (χ2n) is 6.06. The molecule has 2 atom stereocenters. The van der Waals surface area contributed by atoms with Gasteiger partial charge in [-0.25, -0.2) is 0 Å². The second kappa shape index (κ2) is 5.91. The molecule has 6 heteroatoms. The summed E-state index contributed by atoms with van der Waals surface area (Å²) in [6, 6.07) is 0.242. The molecule has 0 radical (unpaired) electrons. The molecule has 1 saturated heterocycles. The van der Waals surface area contributed by atoms with E-state index in [2.05, 4.69) is 27.8 Å². The average molecular weight is 278 g/mol. The normalized spacial score (nSPS) is 24.4. The average Bonchev–Trinajstić information content (AvgIpc) is 3.20. The molecule has 1 amide bonds. The molecule has 3 rings (SSSR count). The van der Waals surface area contributed by atoms with Crippen molar-refractivity contribution in [2.24, 2.45) is 11.8 Å². The van der Waals surface area contributed by atoms with Crippen LogP contribution in [0.3, 0.4) is 0 Å². The minimum atomic E-state index is -0.0333. The van der Waals surface area contributed by atoms with Crippen LogP contribution in [0.15, 0.2) is 4.42 Å². The minimum absolute atomic E-state index is 0.0333. The number of carbonyl (C=O) groups is 1. The third-order valence-electron chi connectivity index (χ3n) is 4.26. The van der Waals surface area contributed by atoms with Crippen molar-refractivity contribution in [3.05, 3.63) is 5.89 Å². The summed E-state index contributed by atoms with van der Waals surface area (Å²) < 4.78 is 5.44. The first kappa shape index (κ1) is 13.5. The summed E-state index contributed by atoms with van der Waals surface area (Å²) in [7, 11) is 0. The highest BCUT2D eigenvalue weighted by atomic mass is 16.4. The van der Waals surface area contributed by atoms with E-state index in [9.17, 15) is 4.79 Å². The van der Waals surface area contributed by atoms with Gasteiger partial charge >= 0.3 is 6.01 Å². The fraction of sp³-hybridized carbons (Fsp3) is 0.786. The van der Waals surface area contributed by atoms with Crippen LogP contribution in [0.25, 0.3) is 0 Å². The molecule has 2 aliphatic rings. The van der Waals surface area contributed by atoms with Gasteiger partial charge in [-0.1, -0.05) is 12.0 Å². The number of hydrogen-bond donors (Lipinski definition) is 2. The molecule has 2 unspecified atom stereocenters. The number of rotatable bonds is 5. The zero-order valence-corrected chi connectivity index (χ0v) is 11.9. The predicted molar refractivity (Wildman–Crippen MR) is 74.3 cm³/mol. The van der Waals surface area contributed by atoms with Crippen molar-refractivity contribution in [1.82, 2.24) is 15.5 Å². The summed E-state index contributed by atoms with van der Waals surface area (Å²) in [5.41, 5.74) is 0. The fourth-order valence-corrected chi connectivity index (χ4v) is 2.77. The minimum Gasteiger partial charge on any atom is -0.408 e.